The Balaban J connectivity index is 1.67. The van der Waals surface area contributed by atoms with E-state index in [1.807, 2.05) is 30.7 Å². The molecule has 0 radical (unpaired) electrons. The van der Waals surface area contributed by atoms with Crippen molar-refractivity contribution >= 4 is 0 Å². The third-order valence-electron chi connectivity index (χ3n) is 3.26. The highest BCUT2D eigenvalue weighted by Gasteiger charge is 2.07. The molecular formula is C15H21N3O. The minimum absolute atomic E-state index is 0.175. The van der Waals surface area contributed by atoms with E-state index in [0.29, 0.717) is 5.75 Å². The van der Waals surface area contributed by atoms with E-state index in [-0.39, 0.29) is 6.04 Å². The standard InChI is InChI=1S/C15H21N3O/c1-13(14-6-2-3-7-15(14)19)17-8-4-5-10-18-11-9-16-12-18/h2-3,6-7,9,11-13,17,19H,4-5,8,10H2,1H3. The lowest BCUT2D eigenvalue weighted by Gasteiger charge is -2.15. The Hall–Kier alpha value is -1.81. The summed E-state index contributed by atoms with van der Waals surface area (Å²) in [6.07, 6.45) is 7.86. The Bertz CT molecular complexity index is 482. The molecule has 1 aromatic carbocycles. The van der Waals surface area contributed by atoms with Gasteiger partial charge in [0.05, 0.1) is 6.33 Å². The molecule has 4 heteroatoms. The highest BCUT2D eigenvalue weighted by Crippen LogP contribution is 2.22. The first-order valence-corrected chi connectivity index (χ1v) is 6.74. The van der Waals surface area contributed by atoms with E-state index >= 15 is 0 Å². The summed E-state index contributed by atoms with van der Waals surface area (Å²) in [7, 11) is 0. The molecule has 0 saturated heterocycles. The SMILES string of the molecule is CC(NCCCCn1ccnc1)c1ccccc1O. The van der Waals surface area contributed by atoms with Crippen LogP contribution < -0.4 is 5.32 Å². The van der Waals surface area contributed by atoms with Crippen LogP contribution in [-0.4, -0.2) is 21.2 Å². The molecule has 0 aliphatic carbocycles. The molecule has 1 aromatic heterocycles. The summed E-state index contributed by atoms with van der Waals surface area (Å²) >= 11 is 0. The lowest BCUT2D eigenvalue weighted by molar-refractivity contribution is 0.449. The summed E-state index contributed by atoms with van der Waals surface area (Å²) in [4.78, 5) is 4.02. The maximum atomic E-state index is 9.76. The Morgan fingerprint density at radius 2 is 2.16 bits per heavy atom. The summed E-state index contributed by atoms with van der Waals surface area (Å²) < 4.78 is 2.09. The summed E-state index contributed by atoms with van der Waals surface area (Å²) in [5.74, 6) is 0.362. The van der Waals surface area contributed by atoms with Gasteiger partial charge in [0.1, 0.15) is 5.75 Å². The molecule has 0 saturated carbocycles. The molecule has 102 valence electrons. The van der Waals surface area contributed by atoms with Crippen LogP contribution in [0.3, 0.4) is 0 Å². The molecular weight excluding hydrogens is 238 g/mol. The Morgan fingerprint density at radius 1 is 1.32 bits per heavy atom. The van der Waals surface area contributed by atoms with Gasteiger partial charge in [-0.3, -0.25) is 0 Å². The first-order chi connectivity index (χ1) is 9.27. The van der Waals surface area contributed by atoms with Crippen molar-refractivity contribution in [1.82, 2.24) is 14.9 Å². The lowest BCUT2D eigenvalue weighted by Crippen LogP contribution is -2.20. The van der Waals surface area contributed by atoms with Gasteiger partial charge in [0, 0.05) is 30.5 Å². The Kier molecular flexibility index (Phi) is 4.98. The Morgan fingerprint density at radius 3 is 2.89 bits per heavy atom. The van der Waals surface area contributed by atoms with Crippen LogP contribution in [0.4, 0.5) is 0 Å². The fourth-order valence-corrected chi connectivity index (χ4v) is 2.12. The van der Waals surface area contributed by atoms with Crippen LogP contribution in [0.15, 0.2) is 43.0 Å². The number of phenolic OH excluding ortho intramolecular Hbond substituents is 1. The number of rotatable bonds is 7. The highest BCUT2D eigenvalue weighted by atomic mass is 16.3. The minimum Gasteiger partial charge on any atom is -0.508 e. The lowest BCUT2D eigenvalue weighted by atomic mass is 10.1. The summed E-state index contributed by atoms with van der Waals surface area (Å²) in [6, 6.07) is 7.66. The quantitative estimate of drug-likeness (QED) is 0.752. The van der Waals surface area contributed by atoms with Crippen LogP contribution in [0.5, 0.6) is 5.75 Å². The van der Waals surface area contributed by atoms with Crippen molar-refractivity contribution in [1.29, 1.82) is 0 Å². The number of hydrogen-bond acceptors (Lipinski definition) is 3. The second-order valence-corrected chi connectivity index (χ2v) is 4.74. The monoisotopic (exact) mass is 259 g/mol. The summed E-state index contributed by atoms with van der Waals surface area (Å²) in [5, 5.41) is 13.2. The van der Waals surface area contributed by atoms with Gasteiger partial charge in [-0.25, -0.2) is 4.98 Å². The summed E-state index contributed by atoms with van der Waals surface area (Å²) in [6.45, 7) is 4.03. The molecule has 0 aliphatic heterocycles. The molecule has 0 spiro atoms. The number of para-hydroxylation sites is 1. The van der Waals surface area contributed by atoms with Crippen LogP contribution in [0.2, 0.25) is 0 Å². The molecule has 1 atom stereocenters. The average Bonchev–Trinajstić information content (AvgIpc) is 2.92. The smallest absolute Gasteiger partial charge is 0.120 e. The van der Waals surface area contributed by atoms with E-state index in [0.717, 1.165) is 31.5 Å². The van der Waals surface area contributed by atoms with Crippen molar-refractivity contribution in [2.75, 3.05) is 6.54 Å². The van der Waals surface area contributed by atoms with Gasteiger partial charge in [0.15, 0.2) is 0 Å². The van der Waals surface area contributed by atoms with Crippen LogP contribution in [-0.2, 0) is 6.54 Å². The van der Waals surface area contributed by atoms with E-state index in [9.17, 15) is 5.11 Å². The van der Waals surface area contributed by atoms with Crippen LogP contribution in [0.25, 0.3) is 0 Å². The van der Waals surface area contributed by atoms with Crippen molar-refractivity contribution in [2.45, 2.75) is 32.4 Å². The maximum Gasteiger partial charge on any atom is 0.120 e. The van der Waals surface area contributed by atoms with Gasteiger partial charge in [-0.2, -0.15) is 0 Å². The molecule has 0 fully saturated rings. The van der Waals surface area contributed by atoms with Gasteiger partial charge in [-0.1, -0.05) is 18.2 Å². The molecule has 0 amide bonds. The molecule has 2 N–H and O–H groups in total. The molecule has 1 unspecified atom stereocenters. The zero-order chi connectivity index (χ0) is 13.5. The van der Waals surface area contributed by atoms with Crippen LogP contribution in [0.1, 0.15) is 31.4 Å². The normalized spacial score (nSPS) is 12.5. The molecule has 1 heterocycles. The predicted octanol–water partition coefficient (Wildman–Crippen LogP) is 2.72. The number of aryl methyl sites for hydroxylation is 1. The van der Waals surface area contributed by atoms with Gasteiger partial charge in [0.2, 0.25) is 0 Å². The number of unbranched alkanes of at least 4 members (excludes halogenated alkanes) is 1. The van der Waals surface area contributed by atoms with E-state index in [2.05, 4.69) is 21.8 Å². The molecule has 0 bridgehead atoms. The largest absolute Gasteiger partial charge is 0.508 e. The van der Waals surface area contributed by atoms with Gasteiger partial charge in [-0.15, -0.1) is 0 Å². The van der Waals surface area contributed by atoms with Crippen molar-refractivity contribution in [3.63, 3.8) is 0 Å². The maximum absolute atomic E-state index is 9.76. The van der Waals surface area contributed by atoms with Gasteiger partial charge in [-0.05, 0) is 32.4 Å². The van der Waals surface area contributed by atoms with E-state index < -0.39 is 0 Å². The van der Waals surface area contributed by atoms with Crippen molar-refractivity contribution in [3.05, 3.63) is 48.5 Å². The second kappa shape index (κ2) is 6.95. The number of phenols is 1. The topological polar surface area (TPSA) is 50.1 Å². The number of hydrogen-bond donors (Lipinski definition) is 2. The average molecular weight is 259 g/mol. The van der Waals surface area contributed by atoms with E-state index in [4.69, 9.17) is 0 Å². The molecule has 0 aliphatic rings. The van der Waals surface area contributed by atoms with Crippen LogP contribution >= 0.6 is 0 Å². The van der Waals surface area contributed by atoms with E-state index in [1.165, 1.54) is 0 Å². The number of aromatic hydroxyl groups is 1. The highest BCUT2D eigenvalue weighted by molar-refractivity contribution is 5.33. The zero-order valence-corrected chi connectivity index (χ0v) is 11.3. The van der Waals surface area contributed by atoms with Crippen molar-refractivity contribution in [2.24, 2.45) is 0 Å². The number of nitrogens with one attached hydrogen (secondary N) is 1. The number of benzene rings is 1. The third kappa shape index (κ3) is 4.10. The molecule has 19 heavy (non-hydrogen) atoms. The van der Waals surface area contributed by atoms with E-state index in [1.54, 1.807) is 12.3 Å². The minimum atomic E-state index is 0.175. The molecule has 2 aromatic rings. The van der Waals surface area contributed by atoms with Gasteiger partial charge < -0.3 is 15.0 Å². The zero-order valence-electron chi connectivity index (χ0n) is 11.3. The third-order valence-corrected chi connectivity index (χ3v) is 3.26. The van der Waals surface area contributed by atoms with Crippen molar-refractivity contribution < 1.29 is 5.11 Å². The molecule has 2 rings (SSSR count). The Labute approximate surface area is 114 Å². The molecule has 4 nitrogen and oxygen atoms in total. The van der Waals surface area contributed by atoms with Gasteiger partial charge in [0.25, 0.3) is 0 Å². The first-order valence-electron chi connectivity index (χ1n) is 6.74. The van der Waals surface area contributed by atoms with Crippen LogP contribution in [0, 0.1) is 0 Å². The fraction of sp³-hybridized carbons (Fsp3) is 0.400. The van der Waals surface area contributed by atoms with Gasteiger partial charge >= 0.3 is 0 Å². The van der Waals surface area contributed by atoms with Crippen molar-refractivity contribution in [3.8, 4) is 5.75 Å². The second-order valence-electron chi connectivity index (χ2n) is 4.74. The first kappa shape index (κ1) is 13.6. The fourth-order valence-electron chi connectivity index (χ4n) is 2.12. The number of imidazole rings is 1. The predicted molar refractivity (Wildman–Crippen MR) is 76.0 cm³/mol. The number of aromatic nitrogens is 2. The number of nitrogens with zero attached hydrogens (tertiary/aromatic N) is 2. The summed E-state index contributed by atoms with van der Waals surface area (Å²) in [5.41, 5.74) is 0.956.